The van der Waals surface area contributed by atoms with Crippen LogP contribution in [0.1, 0.15) is 57.7 Å². The summed E-state index contributed by atoms with van der Waals surface area (Å²) >= 11 is 0. The number of nitro groups is 1. The zero-order chi connectivity index (χ0) is 40.6. The van der Waals surface area contributed by atoms with E-state index in [2.05, 4.69) is 10.3 Å². The number of benzene rings is 2. The van der Waals surface area contributed by atoms with E-state index in [0.717, 1.165) is 25.2 Å². The maximum Gasteiger partial charge on any atom is 0.414 e. The number of aromatic nitrogens is 1. The van der Waals surface area contributed by atoms with Crippen LogP contribution >= 0.6 is 0 Å². The Morgan fingerprint density at radius 1 is 0.927 bits per heavy atom. The van der Waals surface area contributed by atoms with Crippen molar-refractivity contribution in [3.63, 3.8) is 0 Å². The van der Waals surface area contributed by atoms with Crippen LogP contribution in [0.2, 0.25) is 0 Å². The molecule has 1 aliphatic heterocycles. The molecule has 1 fully saturated rings. The highest BCUT2D eigenvalue weighted by molar-refractivity contribution is 6.17. The fraction of sp³-hybridized carbons (Fsp3) is 0.405. The van der Waals surface area contributed by atoms with Crippen molar-refractivity contribution in [2.75, 3.05) is 62.6 Å². The van der Waals surface area contributed by atoms with E-state index >= 15 is 8.78 Å². The Morgan fingerprint density at radius 2 is 1.53 bits per heavy atom. The quantitative estimate of drug-likeness (QED) is 0.101. The first-order valence-electron chi connectivity index (χ1n) is 17.0. The maximum absolute atomic E-state index is 15.5. The van der Waals surface area contributed by atoms with E-state index in [9.17, 15) is 24.5 Å². The number of piperazine rings is 1. The van der Waals surface area contributed by atoms with Crippen LogP contribution in [0.15, 0.2) is 40.9 Å². The number of ether oxygens (including phenoxy) is 4. The molecule has 0 aliphatic carbocycles. The SMILES string of the molecule is COc1cc(OC)c(F)c(C(=O)c2oc3cnc(Nc4ccc(N5CCN(C(=O)OC(C)(C)C)CC5)cc4[N+](=O)[O-])cc3c2N(C)C(=O)OC(C)(C)C)c1F. The average Bonchev–Trinajstić information content (AvgIpc) is 3.49. The molecule has 1 saturated heterocycles. The summed E-state index contributed by atoms with van der Waals surface area (Å²) in [5, 5.41) is 15.3. The number of hydrogen-bond donors (Lipinski definition) is 1. The lowest BCUT2D eigenvalue weighted by molar-refractivity contribution is -0.383. The van der Waals surface area contributed by atoms with Crippen LogP contribution in [0, 0.1) is 21.7 Å². The zero-order valence-corrected chi connectivity index (χ0v) is 31.9. The molecule has 55 heavy (non-hydrogen) atoms. The van der Waals surface area contributed by atoms with Gasteiger partial charge in [-0.15, -0.1) is 0 Å². The number of nitrogens with one attached hydrogen (secondary N) is 1. The number of rotatable bonds is 9. The number of ketones is 1. The van der Waals surface area contributed by atoms with Crippen LogP contribution in [0.3, 0.4) is 0 Å². The molecule has 0 saturated carbocycles. The minimum atomic E-state index is -1.33. The van der Waals surface area contributed by atoms with Crippen LogP contribution in [-0.4, -0.2) is 91.4 Å². The largest absolute Gasteiger partial charge is 0.494 e. The molecular weight excluding hydrogens is 726 g/mol. The van der Waals surface area contributed by atoms with Crippen LogP contribution < -0.4 is 24.6 Å². The van der Waals surface area contributed by atoms with Gasteiger partial charge in [-0.3, -0.25) is 19.8 Å². The Balaban J connectivity index is 1.52. The molecule has 16 nitrogen and oxygen atoms in total. The van der Waals surface area contributed by atoms with E-state index in [1.54, 1.807) is 52.5 Å². The monoisotopic (exact) mass is 768 g/mol. The van der Waals surface area contributed by atoms with Crippen molar-refractivity contribution in [3.8, 4) is 11.5 Å². The van der Waals surface area contributed by atoms with Gasteiger partial charge in [0.2, 0.25) is 5.78 Å². The van der Waals surface area contributed by atoms with Crippen LogP contribution in [0.5, 0.6) is 11.5 Å². The molecule has 1 N–H and O–H groups in total. The van der Waals surface area contributed by atoms with Gasteiger partial charge >= 0.3 is 12.2 Å². The summed E-state index contributed by atoms with van der Waals surface area (Å²) < 4.78 is 57.8. The Labute approximate surface area is 315 Å². The molecule has 1 aliphatic rings. The van der Waals surface area contributed by atoms with E-state index in [0.29, 0.717) is 31.9 Å². The summed E-state index contributed by atoms with van der Waals surface area (Å²) in [4.78, 5) is 60.3. The van der Waals surface area contributed by atoms with Gasteiger partial charge in [0, 0.05) is 51.0 Å². The van der Waals surface area contributed by atoms with Crippen molar-refractivity contribution in [1.29, 1.82) is 0 Å². The number of methoxy groups -OCH3 is 2. The van der Waals surface area contributed by atoms with Gasteiger partial charge in [-0.25, -0.2) is 23.4 Å². The van der Waals surface area contributed by atoms with Crippen LogP contribution in [-0.2, 0) is 9.47 Å². The molecule has 0 radical (unpaired) electrons. The third-order valence-electron chi connectivity index (χ3n) is 8.30. The van der Waals surface area contributed by atoms with Crippen LogP contribution in [0.4, 0.5) is 46.9 Å². The Morgan fingerprint density at radius 3 is 2.07 bits per heavy atom. The number of amides is 2. The topological polar surface area (TPSA) is 179 Å². The maximum atomic E-state index is 15.5. The zero-order valence-electron chi connectivity index (χ0n) is 31.9. The van der Waals surface area contributed by atoms with E-state index in [1.807, 2.05) is 4.90 Å². The van der Waals surface area contributed by atoms with Gasteiger partial charge in [-0.05, 0) is 59.7 Å². The van der Waals surface area contributed by atoms with Gasteiger partial charge in [-0.2, -0.15) is 0 Å². The molecule has 3 heterocycles. The Kier molecular flexibility index (Phi) is 11.1. The molecule has 2 aromatic heterocycles. The lowest BCUT2D eigenvalue weighted by atomic mass is 10.0. The number of anilines is 4. The molecule has 2 amide bonds. The predicted molar refractivity (Wildman–Crippen MR) is 198 cm³/mol. The molecule has 2 aromatic carbocycles. The van der Waals surface area contributed by atoms with Gasteiger partial charge in [0.1, 0.15) is 34.0 Å². The molecule has 0 spiro atoms. The number of carbonyl (C=O) groups is 3. The summed E-state index contributed by atoms with van der Waals surface area (Å²) in [6, 6.07) is 6.87. The normalized spacial score (nSPS) is 13.4. The summed E-state index contributed by atoms with van der Waals surface area (Å²) in [5.41, 5.74) is -2.66. The second-order valence-corrected chi connectivity index (χ2v) is 14.5. The highest BCUT2D eigenvalue weighted by Crippen LogP contribution is 2.40. The molecule has 0 unspecified atom stereocenters. The Hall–Kier alpha value is -6.20. The van der Waals surface area contributed by atoms with Crippen molar-refractivity contribution in [2.45, 2.75) is 52.7 Å². The molecule has 0 atom stereocenters. The molecular formula is C37H42F2N6O10. The number of furan rings is 1. The third kappa shape index (κ3) is 8.63. The number of carbonyl (C=O) groups excluding carboxylic acids is 3. The Bertz CT molecular complexity index is 2120. The van der Waals surface area contributed by atoms with Crippen molar-refractivity contribution in [1.82, 2.24) is 9.88 Å². The lowest BCUT2D eigenvalue weighted by Gasteiger charge is -2.36. The second-order valence-electron chi connectivity index (χ2n) is 14.5. The van der Waals surface area contributed by atoms with Gasteiger partial charge in [-0.1, -0.05) is 0 Å². The van der Waals surface area contributed by atoms with E-state index < -0.39 is 68.6 Å². The predicted octanol–water partition coefficient (Wildman–Crippen LogP) is 7.43. The second kappa shape index (κ2) is 15.3. The van der Waals surface area contributed by atoms with Crippen molar-refractivity contribution in [2.24, 2.45) is 0 Å². The highest BCUT2D eigenvalue weighted by atomic mass is 19.1. The summed E-state index contributed by atoms with van der Waals surface area (Å²) in [6.45, 7) is 11.7. The average molecular weight is 769 g/mol. The molecule has 4 aromatic rings. The smallest absolute Gasteiger partial charge is 0.414 e. The summed E-state index contributed by atoms with van der Waals surface area (Å²) in [6.07, 6.45) is -0.182. The van der Waals surface area contributed by atoms with Crippen molar-refractivity contribution in [3.05, 3.63) is 69.6 Å². The number of hydrogen-bond acceptors (Lipinski definition) is 13. The minimum Gasteiger partial charge on any atom is -0.494 e. The van der Waals surface area contributed by atoms with E-state index in [4.69, 9.17) is 23.4 Å². The van der Waals surface area contributed by atoms with Crippen molar-refractivity contribution >= 4 is 57.5 Å². The van der Waals surface area contributed by atoms with Crippen molar-refractivity contribution < 1.29 is 51.5 Å². The molecule has 18 heteroatoms. The number of halogens is 2. The fourth-order valence-corrected chi connectivity index (χ4v) is 5.75. The standard InChI is InChI=1S/C37H42F2N6O10/c1-36(2,3)54-34(47)42(7)31-21-17-27(40-19-26(21)53-33(31)32(46)28-29(38)24(51-8)18-25(52-9)30(28)39)41-22-11-10-20(16-23(22)45(49)50)43-12-14-44(15-13-43)35(48)55-37(4,5)6/h10-11,16-19H,12-15H2,1-9H3,(H,40,41). The summed E-state index contributed by atoms with van der Waals surface area (Å²) in [7, 11) is 3.53. The first-order chi connectivity index (χ1) is 25.7. The summed E-state index contributed by atoms with van der Waals surface area (Å²) in [5.74, 6) is -5.53. The van der Waals surface area contributed by atoms with Gasteiger partial charge in [0.25, 0.3) is 5.69 Å². The van der Waals surface area contributed by atoms with E-state index in [1.165, 1.54) is 31.4 Å². The molecule has 294 valence electrons. The first kappa shape index (κ1) is 40.0. The van der Waals surface area contributed by atoms with Gasteiger partial charge < -0.3 is 38.5 Å². The number of nitrogens with zero attached hydrogens (tertiary/aromatic N) is 5. The third-order valence-corrected chi connectivity index (χ3v) is 8.30. The number of fused-ring (bicyclic) bond motifs is 1. The lowest BCUT2D eigenvalue weighted by Crippen LogP contribution is -2.50. The molecule has 0 bridgehead atoms. The molecule has 5 rings (SSSR count). The first-order valence-corrected chi connectivity index (χ1v) is 17.0. The van der Waals surface area contributed by atoms with Gasteiger partial charge in [0.05, 0.1) is 30.7 Å². The fourth-order valence-electron chi connectivity index (χ4n) is 5.75. The number of pyridine rings is 1. The number of nitro benzene ring substituents is 1. The minimum absolute atomic E-state index is 0.0355. The highest BCUT2D eigenvalue weighted by Gasteiger charge is 2.35. The van der Waals surface area contributed by atoms with Gasteiger partial charge in [0.15, 0.2) is 34.5 Å². The van der Waals surface area contributed by atoms with E-state index in [-0.39, 0.29) is 33.8 Å². The van der Waals surface area contributed by atoms with Crippen LogP contribution in [0.25, 0.3) is 11.0 Å².